The molecule has 0 aliphatic rings. The van der Waals surface area contributed by atoms with E-state index in [4.69, 9.17) is 0 Å². The summed E-state index contributed by atoms with van der Waals surface area (Å²) in [6.45, 7) is 6.23. The summed E-state index contributed by atoms with van der Waals surface area (Å²) in [6.07, 6.45) is 0.893. The molecule has 0 aromatic heterocycles. The van der Waals surface area contributed by atoms with Crippen molar-refractivity contribution in [2.45, 2.75) is 38.1 Å². The molecule has 1 N–H and O–H groups in total. The molecule has 2 nitrogen and oxygen atoms in total. The smallest absolute Gasteiger partial charge is 0.230 e. The van der Waals surface area contributed by atoms with Gasteiger partial charge in [0.05, 0.1) is 11.8 Å². The highest BCUT2D eigenvalue weighted by Crippen LogP contribution is 2.20. The fraction of sp³-hybridized carbons (Fsp3) is 0.316. The van der Waals surface area contributed by atoms with Gasteiger partial charge in [-0.25, -0.2) is 0 Å². The summed E-state index contributed by atoms with van der Waals surface area (Å²) >= 11 is 1.58. The quantitative estimate of drug-likeness (QED) is 0.786. The van der Waals surface area contributed by atoms with Crippen molar-refractivity contribution in [1.82, 2.24) is 5.32 Å². The number of aryl methyl sites for hydroxylation is 2. The fourth-order valence-corrected chi connectivity index (χ4v) is 2.95. The Labute approximate surface area is 137 Å². The van der Waals surface area contributed by atoms with Crippen molar-refractivity contribution >= 4 is 17.7 Å². The lowest BCUT2D eigenvalue weighted by atomic mass is 10.0. The third-order valence-electron chi connectivity index (χ3n) is 3.61. The monoisotopic (exact) mass is 313 g/mol. The number of carbonyl (C=O) groups is 1. The van der Waals surface area contributed by atoms with Gasteiger partial charge < -0.3 is 5.32 Å². The van der Waals surface area contributed by atoms with E-state index >= 15 is 0 Å². The Morgan fingerprint density at radius 1 is 1.00 bits per heavy atom. The highest BCUT2D eigenvalue weighted by molar-refractivity contribution is 8.00. The van der Waals surface area contributed by atoms with Gasteiger partial charge in [0.1, 0.15) is 0 Å². The van der Waals surface area contributed by atoms with Crippen molar-refractivity contribution < 1.29 is 4.79 Å². The third kappa shape index (κ3) is 4.92. The zero-order valence-corrected chi connectivity index (χ0v) is 14.2. The maximum Gasteiger partial charge on any atom is 0.230 e. The van der Waals surface area contributed by atoms with E-state index in [9.17, 15) is 4.79 Å². The molecule has 0 fully saturated rings. The summed E-state index contributed by atoms with van der Waals surface area (Å²) in [7, 11) is 0. The lowest BCUT2D eigenvalue weighted by Gasteiger charge is -2.17. The first kappa shape index (κ1) is 16.6. The highest BCUT2D eigenvalue weighted by atomic mass is 32.2. The Kier molecular flexibility index (Phi) is 6.08. The fourth-order valence-electron chi connectivity index (χ4n) is 2.24. The Morgan fingerprint density at radius 3 is 2.09 bits per heavy atom. The molecule has 0 heterocycles. The molecule has 116 valence electrons. The predicted octanol–water partition coefficient (Wildman–Crippen LogP) is 4.66. The van der Waals surface area contributed by atoms with Gasteiger partial charge in [0.2, 0.25) is 5.91 Å². The van der Waals surface area contributed by atoms with Crippen LogP contribution < -0.4 is 5.32 Å². The maximum absolute atomic E-state index is 12.2. The number of hydrogen-bond donors (Lipinski definition) is 1. The molecular formula is C19H23NOS. The largest absolute Gasteiger partial charge is 0.349 e. The molecule has 0 aliphatic heterocycles. The first-order valence-electron chi connectivity index (χ1n) is 7.64. The minimum atomic E-state index is 0.0815. The number of carbonyl (C=O) groups excluding carboxylic acids is 1. The van der Waals surface area contributed by atoms with Crippen LogP contribution in [0.3, 0.4) is 0 Å². The average molecular weight is 313 g/mol. The Bertz CT molecular complexity index is 604. The SMILES string of the molecule is CC[C@H](NC(=O)CSc1ccc(C)cc1)c1ccc(C)cc1. The number of thioether (sulfide) groups is 1. The number of benzene rings is 2. The van der Waals surface area contributed by atoms with Crippen LogP contribution in [0.25, 0.3) is 0 Å². The van der Waals surface area contributed by atoms with Crippen molar-refractivity contribution in [3.63, 3.8) is 0 Å². The summed E-state index contributed by atoms with van der Waals surface area (Å²) < 4.78 is 0. The molecule has 1 atom stereocenters. The van der Waals surface area contributed by atoms with Gasteiger partial charge in [-0.15, -0.1) is 11.8 Å². The van der Waals surface area contributed by atoms with Crippen LogP contribution in [0, 0.1) is 13.8 Å². The van der Waals surface area contributed by atoms with E-state index in [1.165, 1.54) is 16.7 Å². The Balaban J connectivity index is 1.89. The van der Waals surface area contributed by atoms with E-state index < -0.39 is 0 Å². The molecule has 0 radical (unpaired) electrons. The van der Waals surface area contributed by atoms with Crippen LogP contribution in [0.15, 0.2) is 53.4 Å². The molecule has 0 aliphatic carbocycles. The number of rotatable bonds is 6. The molecule has 22 heavy (non-hydrogen) atoms. The normalized spacial score (nSPS) is 12.0. The van der Waals surface area contributed by atoms with E-state index in [1.807, 2.05) is 0 Å². The van der Waals surface area contributed by atoms with Crippen molar-refractivity contribution in [2.75, 3.05) is 5.75 Å². The Morgan fingerprint density at radius 2 is 1.55 bits per heavy atom. The highest BCUT2D eigenvalue weighted by Gasteiger charge is 2.12. The lowest BCUT2D eigenvalue weighted by Crippen LogP contribution is -2.29. The number of amides is 1. The summed E-state index contributed by atoms with van der Waals surface area (Å²) in [5.74, 6) is 0.531. The van der Waals surface area contributed by atoms with Gasteiger partial charge in [0, 0.05) is 4.90 Å². The van der Waals surface area contributed by atoms with Crippen molar-refractivity contribution in [1.29, 1.82) is 0 Å². The van der Waals surface area contributed by atoms with E-state index in [1.54, 1.807) is 11.8 Å². The van der Waals surface area contributed by atoms with Crippen molar-refractivity contribution in [3.8, 4) is 0 Å². The van der Waals surface area contributed by atoms with Crippen molar-refractivity contribution in [2.24, 2.45) is 0 Å². The first-order chi connectivity index (χ1) is 10.6. The van der Waals surface area contributed by atoms with E-state index in [0.29, 0.717) is 5.75 Å². The summed E-state index contributed by atoms with van der Waals surface area (Å²) in [5.41, 5.74) is 3.64. The molecule has 2 aromatic rings. The number of hydrogen-bond acceptors (Lipinski definition) is 2. The van der Waals surface area contributed by atoms with E-state index in [2.05, 4.69) is 74.6 Å². The van der Waals surface area contributed by atoms with Crippen LogP contribution in [0.2, 0.25) is 0 Å². The Hall–Kier alpha value is -1.74. The second kappa shape index (κ2) is 8.04. The summed E-state index contributed by atoms with van der Waals surface area (Å²) in [6, 6.07) is 16.7. The minimum absolute atomic E-state index is 0.0815. The second-order valence-corrected chi connectivity index (χ2v) is 6.59. The second-order valence-electron chi connectivity index (χ2n) is 5.54. The molecule has 2 aromatic carbocycles. The summed E-state index contributed by atoms with van der Waals surface area (Å²) in [4.78, 5) is 13.3. The van der Waals surface area contributed by atoms with E-state index in [0.717, 1.165) is 11.3 Å². The first-order valence-corrected chi connectivity index (χ1v) is 8.62. The topological polar surface area (TPSA) is 29.1 Å². The number of nitrogens with one attached hydrogen (secondary N) is 1. The van der Waals surface area contributed by atoms with Crippen LogP contribution in [0.5, 0.6) is 0 Å². The van der Waals surface area contributed by atoms with Gasteiger partial charge in [-0.3, -0.25) is 4.79 Å². The van der Waals surface area contributed by atoms with Gasteiger partial charge >= 0.3 is 0 Å². The third-order valence-corrected chi connectivity index (χ3v) is 4.63. The molecule has 0 saturated carbocycles. The van der Waals surface area contributed by atoms with Crippen LogP contribution in [-0.2, 0) is 4.79 Å². The summed E-state index contributed by atoms with van der Waals surface area (Å²) in [5, 5.41) is 3.12. The molecular weight excluding hydrogens is 290 g/mol. The molecule has 0 bridgehead atoms. The minimum Gasteiger partial charge on any atom is -0.349 e. The van der Waals surface area contributed by atoms with E-state index in [-0.39, 0.29) is 11.9 Å². The van der Waals surface area contributed by atoms with Crippen LogP contribution >= 0.6 is 11.8 Å². The zero-order chi connectivity index (χ0) is 15.9. The van der Waals surface area contributed by atoms with Gasteiger partial charge in [-0.2, -0.15) is 0 Å². The molecule has 0 saturated heterocycles. The molecule has 0 spiro atoms. The molecule has 3 heteroatoms. The zero-order valence-electron chi connectivity index (χ0n) is 13.4. The molecule has 1 amide bonds. The molecule has 0 unspecified atom stereocenters. The maximum atomic E-state index is 12.2. The van der Waals surface area contributed by atoms with Gasteiger partial charge in [-0.05, 0) is 38.0 Å². The average Bonchev–Trinajstić information content (AvgIpc) is 2.53. The van der Waals surface area contributed by atoms with Crippen molar-refractivity contribution in [3.05, 3.63) is 65.2 Å². The van der Waals surface area contributed by atoms with Crippen LogP contribution in [0.4, 0.5) is 0 Å². The van der Waals surface area contributed by atoms with Gasteiger partial charge in [0.15, 0.2) is 0 Å². The standard InChI is InChI=1S/C19H23NOS/c1-4-18(16-9-5-14(2)6-10-16)20-19(21)13-22-17-11-7-15(3)8-12-17/h5-12,18H,4,13H2,1-3H3,(H,20,21)/t18-/m0/s1. The van der Waals surface area contributed by atoms with Gasteiger partial charge in [-0.1, -0.05) is 54.4 Å². The predicted molar refractivity (Wildman–Crippen MR) is 94.3 cm³/mol. The van der Waals surface area contributed by atoms with Gasteiger partial charge in [0.25, 0.3) is 0 Å². The van der Waals surface area contributed by atoms with Crippen LogP contribution in [-0.4, -0.2) is 11.7 Å². The molecule has 2 rings (SSSR count). The van der Waals surface area contributed by atoms with Crippen LogP contribution in [0.1, 0.15) is 36.1 Å². The lowest BCUT2D eigenvalue weighted by molar-refractivity contribution is -0.119.